The average Bonchev–Trinajstić information content (AvgIpc) is 3.64. The lowest BCUT2D eigenvalue weighted by molar-refractivity contribution is -0.0266. The lowest BCUT2D eigenvalue weighted by atomic mass is 9.79. The van der Waals surface area contributed by atoms with Crippen LogP contribution in [0.4, 0.5) is 10.6 Å². The summed E-state index contributed by atoms with van der Waals surface area (Å²) in [5, 5.41) is 9.35. The minimum Gasteiger partial charge on any atom is -0.496 e. The van der Waals surface area contributed by atoms with Crippen molar-refractivity contribution in [1.29, 1.82) is 0 Å². The minimum atomic E-state index is -0.509. The fourth-order valence-electron chi connectivity index (χ4n) is 7.11. The third kappa shape index (κ3) is 5.62. The molecule has 11 nitrogen and oxygen atoms in total. The van der Waals surface area contributed by atoms with Crippen molar-refractivity contribution in [3.8, 4) is 22.9 Å². The smallest absolute Gasteiger partial charge is 0.410 e. The van der Waals surface area contributed by atoms with Gasteiger partial charge in [0.2, 0.25) is 0 Å². The molecule has 0 unspecified atom stereocenters. The van der Waals surface area contributed by atoms with Crippen molar-refractivity contribution in [2.45, 2.75) is 58.7 Å². The summed E-state index contributed by atoms with van der Waals surface area (Å²) in [4.78, 5) is 29.2. The molecular weight excluding hydrogens is 570 g/mol. The molecule has 3 aliphatic heterocycles. The van der Waals surface area contributed by atoms with Gasteiger partial charge in [-0.2, -0.15) is 15.1 Å². The Hall–Kier alpha value is -4.12. The van der Waals surface area contributed by atoms with Gasteiger partial charge < -0.3 is 28.9 Å². The first-order valence-corrected chi connectivity index (χ1v) is 15.9. The van der Waals surface area contributed by atoms with E-state index in [-0.39, 0.29) is 17.6 Å². The van der Waals surface area contributed by atoms with Crippen molar-refractivity contribution >= 4 is 33.7 Å². The van der Waals surface area contributed by atoms with Crippen molar-refractivity contribution in [1.82, 2.24) is 30.0 Å². The number of anilines is 1. The molecule has 4 aromatic rings. The Morgan fingerprint density at radius 2 is 1.82 bits per heavy atom. The number of methoxy groups -OCH3 is 1. The fraction of sp³-hybridized carbons (Fsp3) is 0.529. The van der Waals surface area contributed by atoms with Gasteiger partial charge in [-0.1, -0.05) is 6.07 Å². The van der Waals surface area contributed by atoms with Crippen molar-refractivity contribution in [3.05, 3.63) is 36.0 Å². The number of hydrogen-bond acceptors (Lipinski definition) is 9. The molecule has 0 bridgehead atoms. The van der Waals surface area contributed by atoms with E-state index in [0.717, 1.165) is 95.5 Å². The van der Waals surface area contributed by atoms with Gasteiger partial charge in [0.05, 0.1) is 24.3 Å². The molecule has 238 valence electrons. The molecule has 45 heavy (non-hydrogen) atoms. The van der Waals surface area contributed by atoms with Crippen LogP contribution in [-0.4, -0.2) is 101 Å². The fourth-order valence-corrected chi connectivity index (χ4v) is 7.11. The van der Waals surface area contributed by atoms with Crippen LogP contribution in [0.5, 0.6) is 11.8 Å². The number of amides is 1. The molecule has 0 radical (unpaired) electrons. The lowest BCUT2D eigenvalue weighted by Gasteiger charge is -2.47. The summed E-state index contributed by atoms with van der Waals surface area (Å²) in [5.74, 6) is 1.60. The molecular formula is C34H43N7O4. The number of ether oxygens (including phenoxy) is 3. The SMILES string of the molecule is COc1cc2c(N3CCC4(CN(C(=O)OC(C)(C)C)C4)C3)nc(OC3CCN(C)CC3)nc2cc1-c1c(C)ccc2[nH]ncc12. The Kier molecular flexibility index (Phi) is 7.26. The molecule has 3 fully saturated rings. The van der Waals surface area contributed by atoms with E-state index in [0.29, 0.717) is 19.1 Å². The molecule has 1 amide bonds. The molecule has 7 rings (SSSR count). The van der Waals surface area contributed by atoms with Gasteiger partial charge in [-0.25, -0.2) is 4.79 Å². The number of nitrogens with one attached hydrogen (secondary N) is 1. The summed E-state index contributed by atoms with van der Waals surface area (Å²) < 4.78 is 18.1. The number of aromatic amines is 1. The first-order chi connectivity index (χ1) is 21.5. The molecule has 5 heterocycles. The van der Waals surface area contributed by atoms with Gasteiger partial charge in [-0.15, -0.1) is 0 Å². The van der Waals surface area contributed by atoms with Crippen LogP contribution in [-0.2, 0) is 4.74 Å². The van der Waals surface area contributed by atoms with Crippen LogP contribution < -0.4 is 14.4 Å². The number of H-pyrrole nitrogens is 1. The van der Waals surface area contributed by atoms with Crippen molar-refractivity contribution in [2.24, 2.45) is 5.41 Å². The summed E-state index contributed by atoms with van der Waals surface area (Å²) >= 11 is 0. The van der Waals surface area contributed by atoms with Gasteiger partial charge in [-0.3, -0.25) is 5.10 Å². The monoisotopic (exact) mass is 613 g/mol. The second-order valence-electron chi connectivity index (χ2n) is 14.1. The summed E-state index contributed by atoms with van der Waals surface area (Å²) in [5.41, 5.74) is 4.43. The number of rotatable bonds is 5. The summed E-state index contributed by atoms with van der Waals surface area (Å²) in [7, 11) is 3.85. The first-order valence-electron chi connectivity index (χ1n) is 15.9. The van der Waals surface area contributed by atoms with E-state index in [1.807, 2.05) is 31.9 Å². The summed E-state index contributed by atoms with van der Waals surface area (Å²) in [6.45, 7) is 12.8. The van der Waals surface area contributed by atoms with E-state index < -0.39 is 5.60 Å². The maximum absolute atomic E-state index is 12.7. The zero-order valence-corrected chi connectivity index (χ0v) is 27.1. The Morgan fingerprint density at radius 1 is 1.04 bits per heavy atom. The van der Waals surface area contributed by atoms with Gasteiger partial charge in [0, 0.05) is 61.0 Å². The molecule has 2 aromatic carbocycles. The van der Waals surface area contributed by atoms with E-state index in [9.17, 15) is 4.79 Å². The van der Waals surface area contributed by atoms with Crippen LogP contribution >= 0.6 is 0 Å². The van der Waals surface area contributed by atoms with Gasteiger partial charge in [0.1, 0.15) is 23.3 Å². The largest absolute Gasteiger partial charge is 0.496 e. The van der Waals surface area contributed by atoms with Gasteiger partial charge in [0.15, 0.2) is 0 Å². The second kappa shape index (κ2) is 11.0. The Morgan fingerprint density at radius 3 is 2.56 bits per heavy atom. The molecule has 0 saturated carbocycles. The van der Waals surface area contributed by atoms with Crippen LogP contribution in [0.15, 0.2) is 30.5 Å². The number of benzene rings is 2. The normalized spacial score (nSPS) is 19.0. The van der Waals surface area contributed by atoms with E-state index in [4.69, 9.17) is 24.2 Å². The maximum Gasteiger partial charge on any atom is 0.410 e. The maximum atomic E-state index is 12.7. The predicted octanol–water partition coefficient (Wildman–Crippen LogP) is 5.41. The molecule has 3 aliphatic rings. The highest BCUT2D eigenvalue weighted by molar-refractivity contribution is 6.02. The van der Waals surface area contributed by atoms with Crippen LogP contribution in [0, 0.1) is 12.3 Å². The summed E-state index contributed by atoms with van der Waals surface area (Å²) in [6.07, 6.45) is 4.55. The number of fused-ring (bicyclic) bond motifs is 2. The highest BCUT2D eigenvalue weighted by Gasteiger charge is 2.50. The average molecular weight is 614 g/mol. The Balaban J connectivity index is 1.26. The number of hydrogen-bond donors (Lipinski definition) is 1. The highest BCUT2D eigenvalue weighted by Crippen LogP contribution is 2.45. The van der Waals surface area contributed by atoms with E-state index in [2.05, 4.69) is 58.2 Å². The number of aromatic nitrogens is 4. The summed E-state index contributed by atoms with van der Waals surface area (Å²) in [6, 6.07) is 8.73. The zero-order chi connectivity index (χ0) is 31.5. The first kappa shape index (κ1) is 29.6. The molecule has 3 saturated heterocycles. The lowest BCUT2D eigenvalue weighted by Crippen LogP contribution is -2.60. The Labute approximate surface area is 263 Å². The number of carbonyl (C=O) groups is 1. The third-order valence-electron chi connectivity index (χ3n) is 9.46. The van der Waals surface area contributed by atoms with Crippen LogP contribution in [0.2, 0.25) is 0 Å². The van der Waals surface area contributed by atoms with Gasteiger partial charge in [0.25, 0.3) is 0 Å². The Bertz CT molecular complexity index is 1750. The van der Waals surface area contributed by atoms with Crippen LogP contribution in [0.3, 0.4) is 0 Å². The number of carbonyl (C=O) groups excluding carboxylic acids is 1. The molecule has 1 N–H and O–H groups in total. The van der Waals surface area contributed by atoms with E-state index in [1.54, 1.807) is 7.11 Å². The predicted molar refractivity (Wildman–Crippen MR) is 174 cm³/mol. The molecule has 11 heteroatoms. The number of likely N-dealkylation sites (tertiary alicyclic amines) is 2. The minimum absolute atomic E-state index is 0.0151. The van der Waals surface area contributed by atoms with Gasteiger partial charge >= 0.3 is 12.1 Å². The number of nitrogens with zero attached hydrogens (tertiary/aromatic N) is 6. The molecule has 0 aliphatic carbocycles. The van der Waals surface area contributed by atoms with Crippen molar-refractivity contribution < 1.29 is 19.0 Å². The highest BCUT2D eigenvalue weighted by atomic mass is 16.6. The van der Waals surface area contributed by atoms with Gasteiger partial charge in [-0.05, 0) is 83.3 Å². The number of piperidine rings is 1. The van der Waals surface area contributed by atoms with E-state index >= 15 is 0 Å². The molecule has 0 atom stereocenters. The standard InChI is InChI=1S/C34H43N7O4/c1-21-7-8-26-25(17-35-38-26)29(21)24-15-27-23(16-28(24)43-6)30(37-31(36-27)44-22-9-12-39(5)13-10-22)40-14-11-34(18-40)19-41(20-34)32(42)45-33(2,3)4/h7-8,15-17,22H,9-14,18-20H2,1-6H3,(H,35,38). The topological polar surface area (TPSA) is 109 Å². The van der Waals surface area contributed by atoms with E-state index in [1.165, 1.54) is 0 Å². The quantitative estimate of drug-likeness (QED) is 0.316. The zero-order valence-electron chi connectivity index (χ0n) is 27.1. The van der Waals surface area contributed by atoms with Crippen molar-refractivity contribution in [3.63, 3.8) is 0 Å². The number of aryl methyl sites for hydroxylation is 1. The molecule has 2 aromatic heterocycles. The van der Waals surface area contributed by atoms with Crippen LogP contribution in [0.1, 0.15) is 45.6 Å². The van der Waals surface area contributed by atoms with Crippen molar-refractivity contribution in [2.75, 3.05) is 58.3 Å². The third-order valence-corrected chi connectivity index (χ3v) is 9.46. The molecule has 1 spiro atoms. The van der Waals surface area contributed by atoms with Crippen LogP contribution in [0.25, 0.3) is 32.9 Å². The second-order valence-corrected chi connectivity index (χ2v) is 14.1.